The molecule has 1 saturated heterocycles. The summed E-state index contributed by atoms with van der Waals surface area (Å²) in [6.07, 6.45) is -3.18. The number of nitrogens with two attached hydrogens (primary N) is 1. The number of halogens is 4. The molecule has 3 N–H and O–H groups in total. The van der Waals surface area contributed by atoms with Crippen molar-refractivity contribution < 1.29 is 27.5 Å². The van der Waals surface area contributed by atoms with Gasteiger partial charge >= 0.3 is 12.2 Å². The SMILES string of the molecule is CC1([C@@H](c2ccc(Cl)cc2)c2ccc(OCC(F)(F)F)nc2)C(=O)NCCN1C(N)=O. The van der Waals surface area contributed by atoms with E-state index in [0.717, 1.165) is 0 Å². The van der Waals surface area contributed by atoms with Crippen LogP contribution in [0.2, 0.25) is 5.02 Å². The number of nitrogens with zero attached hydrogens (tertiary/aromatic N) is 2. The zero-order valence-corrected chi connectivity index (χ0v) is 17.2. The van der Waals surface area contributed by atoms with E-state index >= 15 is 0 Å². The molecule has 1 unspecified atom stereocenters. The first-order valence-electron chi connectivity index (χ1n) is 9.28. The van der Waals surface area contributed by atoms with Crippen molar-refractivity contribution in [2.24, 2.45) is 5.73 Å². The Balaban J connectivity index is 2.06. The predicted octanol–water partition coefficient (Wildman–Crippen LogP) is 3.08. The molecule has 1 aliphatic rings. The standard InChI is InChI=1S/C20H20ClF3N4O3/c1-19(17(29)26-8-9-28(19)18(25)30)16(12-2-5-14(21)6-3-12)13-4-7-15(27-10-13)31-11-20(22,23)24/h2-7,10,16H,8-9,11H2,1H3,(H2,25,30)(H,26,29)/t16-,19?/m0/s1. The Kier molecular flexibility index (Phi) is 6.30. The van der Waals surface area contributed by atoms with Gasteiger partial charge in [-0.1, -0.05) is 29.8 Å². The van der Waals surface area contributed by atoms with Crippen molar-refractivity contribution in [1.82, 2.24) is 15.2 Å². The summed E-state index contributed by atoms with van der Waals surface area (Å²) in [5.74, 6) is -1.38. The van der Waals surface area contributed by atoms with E-state index in [2.05, 4.69) is 15.0 Å². The van der Waals surface area contributed by atoms with E-state index in [1.165, 1.54) is 23.2 Å². The van der Waals surface area contributed by atoms with Crippen LogP contribution in [0.4, 0.5) is 18.0 Å². The summed E-state index contributed by atoms with van der Waals surface area (Å²) in [7, 11) is 0. The average molecular weight is 457 g/mol. The van der Waals surface area contributed by atoms with Gasteiger partial charge in [-0.05, 0) is 30.2 Å². The van der Waals surface area contributed by atoms with Crippen molar-refractivity contribution in [3.8, 4) is 5.88 Å². The number of carbonyl (C=O) groups excluding carboxylic acids is 2. The van der Waals surface area contributed by atoms with E-state index in [0.29, 0.717) is 16.1 Å². The third kappa shape index (κ3) is 4.84. The van der Waals surface area contributed by atoms with Crippen LogP contribution in [0.15, 0.2) is 42.6 Å². The Morgan fingerprint density at radius 1 is 1.29 bits per heavy atom. The number of pyridine rings is 1. The van der Waals surface area contributed by atoms with Crippen LogP contribution in [0.3, 0.4) is 0 Å². The van der Waals surface area contributed by atoms with Crippen LogP contribution in [0.1, 0.15) is 24.0 Å². The average Bonchev–Trinajstić information content (AvgIpc) is 2.70. The molecule has 3 rings (SSSR count). The summed E-state index contributed by atoms with van der Waals surface area (Å²) in [5.41, 5.74) is 5.27. The second-order valence-corrected chi connectivity index (χ2v) is 7.65. The highest BCUT2D eigenvalue weighted by molar-refractivity contribution is 6.30. The van der Waals surface area contributed by atoms with Gasteiger partial charge in [0.25, 0.3) is 0 Å². The van der Waals surface area contributed by atoms with E-state index in [4.69, 9.17) is 17.3 Å². The molecule has 1 fully saturated rings. The van der Waals surface area contributed by atoms with Gasteiger partial charge in [0.05, 0.1) is 0 Å². The first kappa shape index (κ1) is 22.7. The van der Waals surface area contributed by atoms with Gasteiger partial charge in [0, 0.05) is 36.3 Å². The number of nitrogens with one attached hydrogen (secondary N) is 1. The molecule has 31 heavy (non-hydrogen) atoms. The summed E-state index contributed by atoms with van der Waals surface area (Å²) >= 11 is 6.00. The number of rotatable bonds is 5. The number of alkyl halides is 3. The number of carbonyl (C=O) groups is 2. The van der Waals surface area contributed by atoms with Crippen molar-refractivity contribution >= 4 is 23.5 Å². The number of ether oxygens (including phenoxy) is 1. The van der Waals surface area contributed by atoms with Gasteiger partial charge in [-0.2, -0.15) is 13.2 Å². The molecule has 2 heterocycles. The number of hydrogen-bond acceptors (Lipinski definition) is 4. The third-order valence-corrected chi connectivity index (χ3v) is 5.40. The zero-order chi connectivity index (χ0) is 22.8. The molecule has 1 aromatic carbocycles. The van der Waals surface area contributed by atoms with Crippen molar-refractivity contribution in [1.29, 1.82) is 0 Å². The van der Waals surface area contributed by atoms with E-state index in [9.17, 15) is 22.8 Å². The summed E-state index contributed by atoms with van der Waals surface area (Å²) in [6.45, 7) is 0.546. The van der Waals surface area contributed by atoms with Crippen LogP contribution in [-0.2, 0) is 4.79 Å². The Labute approximate surface area is 181 Å². The van der Waals surface area contributed by atoms with E-state index in [1.807, 2.05) is 0 Å². The van der Waals surface area contributed by atoms with Gasteiger partial charge in [0.15, 0.2) is 6.61 Å². The number of hydrogen-bond donors (Lipinski definition) is 2. The number of piperazine rings is 1. The maximum Gasteiger partial charge on any atom is 0.422 e. The summed E-state index contributed by atoms with van der Waals surface area (Å²) in [4.78, 5) is 30.4. The van der Waals surface area contributed by atoms with Gasteiger partial charge in [0.2, 0.25) is 11.8 Å². The second-order valence-electron chi connectivity index (χ2n) is 7.21. The molecule has 0 radical (unpaired) electrons. The third-order valence-electron chi connectivity index (χ3n) is 5.15. The lowest BCUT2D eigenvalue weighted by molar-refractivity contribution is -0.154. The minimum Gasteiger partial charge on any atom is -0.468 e. The fourth-order valence-corrected chi connectivity index (χ4v) is 3.87. The summed E-state index contributed by atoms with van der Waals surface area (Å²) in [6, 6.07) is 8.69. The molecule has 0 spiro atoms. The molecule has 0 aliphatic carbocycles. The molecular weight excluding hydrogens is 437 g/mol. The Bertz CT molecular complexity index is 954. The zero-order valence-electron chi connectivity index (χ0n) is 16.4. The number of primary amides is 1. The fraction of sp³-hybridized carbons (Fsp3) is 0.350. The largest absolute Gasteiger partial charge is 0.468 e. The second kappa shape index (κ2) is 8.62. The first-order chi connectivity index (χ1) is 14.5. The van der Waals surface area contributed by atoms with E-state index in [-0.39, 0.29) is 19.0 Å². The summed E-state index contributed by atoms with van der Waals surface area (Å²) < 4.78 is 41.9. The molecule has 11 heteroatoms. The first-order valence-corrected chi connectivity index (χ1v) is 9.66. The van der Waals surface area contributed by atoms with Crippen molar-refractivity contribution in [3.63, 3.8) is 0 Å². The van der Waals surface area contributed by atoms with Gasteiger partial charge in [-0.3, -0.25) is 4.79 Å². The number of urea groups is 1. The van der Waals surface area contributed by atoms with Gasteiger partial charge in [0.1, 0.15) is 5.54 Å². The van der Waals surface area contributed by atoms with Crippen LogP contribution in [0, 0.1) is 0 Å². The molecular formula is C20H20ClF3N4O3. The topological polar surface area (TPSA) is 97.6 Å². The molecule has 1 aliphatic heterocycles. The van der Waals surface area contributed by atoms with Crippen LogP contribution in [0.25, 0.3) is 0 Å². The maximum atomic E-state index is 13.0. The Morgan fingerprint density at radius 3 is 2.48 bits per heavy atom. The molecule has 2 atom stereocenters. The lowest BCUT2D eigenvalue weighted by atomic mass is 9.74. The molecule has 7 nitrogen and oxygen atoms in total. The molecule has 0 bridgehead atoms. The fourth-order valence-electron chi connectivity index (χ4n) is 3.74. The van der Waals surface area contributed by atoms with Crippen LogP contribution in [0.5, 0.6) is 5.88 Å². The number of benzene rings is 1. The number of aromatic nitrogens is 1. The predicted molar refractivity (Wildman–Crippen MR) is 107 cm³/mol. The van der Waals surface area contributed by atoms with Gasteiger partial charge in [-0.15, -0.1) is 0 Å². The van der Waals surface area contributed by atoms with E-state index in [1.54, 1.807) is 31.2 Å². The van der Waals surface area contributed by atoms with Crippen LogP contribution < -0.4 is 15.8 Å². The highest BCUT2D eigenvalue weighted by atomic mass is 35.5. The highest BCUT2D eigenvalue weighted by Crippen LogP contribution is 2.40. The minimum atomic E-state index is -4.50. The molecule has 0 saturated carbocycles. The van der Waals surface area contributed by atoms with Crippen molar-refractivity contribution in [2.75, 3.05) is 19.7 Å². The molecule has 166 valence electrons. The molecule has 2 aromatic rings. The monoisotopic (exact) mass is 456 g/mol. The molecule has 3 amide bonds. The van der Waals surface area contributed by atoms with Crippen LogP contribution in [-0.4, -0.2) is 53.2 Å². The lowest BCUT2D eigenvalue weighted by Crippen LogP contribution is -2.68. The minimum absolute atomic E-state index is 0.196. The maximum absolute atomic E-state index is 13.0. The highest BCUT2D eigenvalue weighted by Gasteiger charge is 2.51. The Hall–Kier alpha value is -3.01. The van der Waals surface area contributed by atoms with Crippen LogP contribution >= 0.6 is 11.6 Å². The van der Waals surface area contributed by atoms with Gasteiger partial charge in [-0.25, -0.2) is 9.78 Å². The smallest absolute Gasteiger partial charge is 0.422 e. The Morgan fingerprint density at radius 2 is 1.94 bits per heavy atom. The van der Waals surface area contributed by atoms with Gasteiger partial charge < -0.3 is 20.7 Å². The summed E-state index contributed by atoms with van der Waals surface area (Å²) in [5, 5.41) is 3.23. The molecule has 1 aromatic heterocycles. The number of amides is 3. The van der Waals surface area contributed by atoms with Crippen molar-refractivity contribution in [2.45, 2.75) is 24.6 Å². The van der Waals surface area contributed by atoms with E-state index < -0.39 is 36.2 Å². The lowest BCUT2D eigenvalue weighted by Gasteiger charge is -2.47. The van der Waals surface area contributed by atoms with Crippen molar-refractivity contribution in [3.05, 3.63) is 58.7 Å². The normalized spacial score (nSPS) is 20.2. The quantitative estimate of drug-likeness (QED) is 0.722.